The standard InChI is InChI=1S/C25H22N6OS/c1-25(21-11-19(14-33-21)16-6-4-5-15(9-16)12-26)22(23(32)30(2)24(27)29-25)17-7-8-20-18(10-17)13-28-31(20)3/h4-11,13-14,22H,1-3H3,(H2,27,29)/t22-,25+/m0/s1. The third-order valence-corrected chi connectivity index (χ3v) is 7.51. The van der Waals surface area contributed by atoms with Crippen molar-refractivity contribution >= 4 is 34.1 Å². The number of aryl methyl sites for hydroxylation is 1. The van der Waals surface area contributed by atoms with Crippen molar-refractivity contribution in [2.24, 2.45) is 17.8 Å². The van der Waals surface area contributed by atoms with Crippen molar-refractivity contribution in [3.63, 3.8) is 0 Å². The zero-order valence-corrected chi connectivity index (χ0v) is 19.3. The van der Waals surface area contributed by atoms with Crippen LogP contribution < -0.4 is 5.73 Å². The second-order valence-corrected chi connectivity index (χ2v) is 9.34. The Morgan fingerprint density at radius 3 is 2.76 bits per heavy atom. The predicted octanol–water partition coefficient (Wildman–Crippen LogP) is 3.96. The van der Waals surface area contributed by atoms with Gasteiger partial charge >= 0.3 is 0 Å². The van der Waals surface area contributed by atoms with Crippen LogP contribution in [-0.4, -0.2) is 33.6 Å². The third-order valence-electron chi connectivity index (χ3n) is 6.36. The number of thiophene rings is 1. The van der Waals surface area contributed by atoms with E-state index in [0.717, 1.165) is 32.5 Å². The van der Waals surface area contributed by atoms with Gasteiger partial charge in [0.25, 0.3) is 0 Å². The van der Waals surface area contributed by atoms with Gasteiger partial charge in [0.05, 0.1) is 29.3 Å². The minimum atomic E-state index is -0.876. The monoisotopic (exact) mass is 454 g/mol. The van der Waals surface area contributed by atoms with E-state index in [1.165, 1.54) is 4.90 Å². The molecule has 1 aliphatic rings. The van der Waals surface area contributed by atoms with Crippen molar-refractivity contribution < 1.29 is 4.79 Å². The highest BCUT2D eigenvalue weighted by molar-refractivity contribution is 7.10. The van der Waals surface area contributed by atoms with Crippen LogP contribution in [0.2, 0.25) is 0 Å². The average molecular weight is 455 g/mol. The normalized spacial score (nSPS) is 20.7. The van der Waals surface area contributed by atoms with Crippen molar-refractivity contribution in [2.75, 3.05) is 7.05 Å². The van der Waals surface area contributed by atoms with Gasteiger partial charge in [0.1, 0.15) is 5.54 Å². The lowest BCUT2D eigenvalue weighted by molar-refractivity contribution is -0.130. The number of fused-ring (bicyclic) bond motifs is 1. The Morgan fingerprint density at radius 2 is 1.97 bits per heavy atom. The fourth-order valence-corrected chi connectivity index (χ4v) is 5.53. The maximum atomic E-state index is 13.5. The molecule has 1 amide bonds. The summed E-state index contributed by atoms with van der Waals surface area (Å²) in [7, 11) is 3.55. The van der Waals surface area contributed by atoms with Gasteiger partial charge in [-0.15, -0.1) is 11.3 Å². The Morgan fingerprint density at radius 1 is 1.15 bits per heavy atom. The summed E-state index contributed by atoms with van der Waals surface area (Å²) in [5.74, 6) is -0.450. The van der Waals surface area contributed by atoms with Gasteiger partial charge in [-0.2, -0.15) is 10.4 Å². The van der Waals surface area contributed by atoms with Crippen molar-refractivity contribution in [1.82, 2.24) is 14.7 Å². The summed E-state index contributed by atoms with van der Waals surface area (Å²) >= 11 is 1.54. The number of carbonyl (C=O) groups excluding carboxylic acids is 1. The van der Waals surface area contributed by atoms with E-state index in [9.17, 15) is 10.1 Å². The molecule has 1 aliphatic heterocycles. The zero-order valence-electron chi connectivity index (χ0n) is 18.5. The number of nitriles is 1. The highest BCUT2D eigenvalue weighted by atomic mass is 32.1. The van der Waals surface area contributed by atoms with E-state index in [0.29, 0.717) is 5.56 Å². The van der Waals surface area contributed by atoms with Crippen LogP contribution in [0.4, 0.5) is 0 Å². The van der Waals surface area contributed by atoms with Crippen LogP contribution in [-0.2, 0) is 17.4 Å². The van der Waals surface area contributed by atoms with Crippen LogP contribution >= 0.6 is 11.3 Å². The Labute approximate surface area is 195 Å². The first-order valence-electron chi connectivity index (χ1n) is 10.5. The second kappa shape index (κ2) is 7.57. The molecule has 164 valence electrons. The second-order valence-electron chi connectivity index (χ2n) is 8.43. The first-order chi connectivity index (χ1) is 15.8. The number of rotatable bonds is 3. The zero-order chi connectivity index (χ0) is 23.3. The van der Waals surface area contributed by atoms with Gasteiger partial charge in [-0.1, -0.05) is 18.2 Å². The number of amides is 1. The molecule has 4 aromatic rings. The van der Waals surface area contributed by atoms with Gasteiger partial charge in [0.15, 0.2) is 5.96 Å². The smallest absolute Gasteiger partial charge is 0.239 e. The molecule has 2 N–H and O–H groups in total. The number of hydrogen-bond donors (Lipinski definition) is 1. The van der Waals surface area contributed by atoms with E-state index >= 15 is 0 Å². The average Bonchev–Trinajstić information content (AvgIpc) is 3.45. The lowest BCUT2D eigenvalue weighted by Crippen LogP contribution is -2.52. The van der Waals surface area contributed by atoms with Crippen molar-refractivity contribution in [3.05, 3.63) is 76.1 Å². The molecule has 0 saturated carbocycles. The van der Waals surface area contributed by atoms with Gasteiger partial charge in [-0.3, -0.25) is 14.4 Å². The van der Waals surface area contributed by atoms with E-state index in [2.05, 4.69) is 11.2 Å². The Kier molecular flexibility index (Phi) is 4.80. The first-order valence-corrected chi connectivity index (χ1v) is 11.3. The van der Waals surface area contributed by atoms with Crippen LogP contribution in [0.3, 0.4) is 0 Å². The fraction of sp³-hybridized carbons (Fsp3) is 0.200. The van der Waals surface area contributed by atoms with Crippen LogP contribution in [0.15, 0.2) is 65.1 Å². The molecular weight excluding hydrogens is 432 g/mol. The van der Waals surface area contributed by atoms with Gasteiger partial charge in [0, 0.05) is 24.4 Å². The molecule has 2 atom stereocenters. The third kappa shape index (κ3) is 3.29. The molecule has 5 rings (SSSR count). The van der Waals surface area contributed by atoms with E-state index in [1.54, 1.807) is 30.6 Å². The molecule has 8 heteroatoms. The van der Waals surface area contributed by atoms with Gasteiger partial charge < -0.3 is 5.73 Å². The number of aliphatic imine (C=N–C) groups is 1. The molecule has 0 radical (unpaired) electrons. The number of nitrogens with zero attached hydrogens (tertiary/aromatic N) is 5. The molecule has 33 heavy (non-hydrogen) atoms. The number of carbonyl (C=O) groups is 1. The Balaban J connectivity index is 1.65. The van der Waals surface area contributed by atoms with E-state index < -0.39 is 11.5 Å². The lowest BCUT2D eigenvalue weighted by atomic mass is 9.77. The predicted molar refractivity (Wildman–Crippen MR) is 130 cm³/mol. The molecule has 0 fully saturated rings. The summed E-state index contributed by atoms with van der Waals surface area (Å²) < 4.78 is 1.81. The largest absolute Gasteiger partial charge is 0.369 e. The topological polar surface area (TPSA) is 100 Å². The van der Waals surface area contributed by atoms with Gasteiger partial charge in [0.2, 0.25) is 5.91 Å². The summed E-state index contributed by atoms with van der Waals surface area (Å²) in [5.41, 5.74) is 9.70. The molecule has 7 nitrogen and oxygen atoms in total. The van der Waals surface area contributed by atoms with Crippen LogP contribution in [0, 0.1) is 11.3 Å². The summed E-state index contributed by atoms with van der Waals surface area (Å²) in [5, 5.41) is 16.6. The molecule has 2 aromatic heterocycles. The molecule has 0 spiro atoms. The minimum absolute atomic E-state index is 0.102. The summed E-state index contributed by atoms with van der Waals surface area (Å²) in [6, 6.07) is 17.7. The highest BCUT2D eigenvalue weighted by Gasteiger charge is 2.48. The maximum Gasteiger partial charge on any atom is 0.239 e. The first kappa shape index (κ1) is 20.9. The van der Waals surface area contributed by atoms with Crippen molar-refractivity contribution in [1.29, 1.82) is 5.26 Å². The molecule has 0 aliphatic carbocycles. The Hall–Kier alpha value is -3.96. The van der Waals surface area contributed by atoms with E-state index in [1.807, 2.05) is 66.5 Å². The van der Waals surface area contributed by atoms with E-state index in [4.69, 9.17) is 10.7 Å². The van der Waals surface area contributed by atoms with Crippen molar-refractivity contribution in [2.45, 2.75) is 18.4 Å². The van der Waals surface area contributed by atoms with Gasteiger partial charge in [-0.25, -0.2) is 4.99 Å². The number of benzene rings is 2. The van der Waals surface area contributed by atoms with Gasteiger partial charge in [-0.05, 0) is 59.3 Å². The lowest BCUT2D eigenvalue weighted by Gasteiger charge is -2.40. The molecule has 3 heterocycles. The maximum absolute atomic E-state index is 13.5. The molecule has 0 saturated heterocycles. The van der Waals surface area contributed by atoms with Crippen molar-refractivity contribution in [3.8, 4) is 17.2 Å². The molecule has 0 bridgehead atoms. The fourth-order valence-electron chi connectivity index (χ4n) is 4.47. The number of aromatic nitrogens is 2. The van der Waals surface area contributed by atoms with Crippen LogP contribution in [0.5, 0.6) is 0 Å². The Bertz CT molecular complexity index is 1480. The number of nitrogens with two attached hydrogens (primary N) is 1. The summed E-state index contributed by atoms with van der Waals surface area (Å²) in [6.45, 7) is 1.96. The highest BCUT2D eigenvalue weighted by Crippen LogP contribution is 2.47. The SMILES string of the molecule is CN1C(=O)[C@H](c2ccc3c(cnn3C)c2)[C@@](C)(c2cc(-c3cccc(C#N)c3)cs2)N=C1N. The molecule has 2 aromatic carbocycles. The number of hydrogen-bond acceptors (Lipinski definition) is 6. The summed E-state index contributed by atoms with van der Waals surface area (Å²) in [4.78, 5) is 20.7. The van der Waals surface area contributed by atoms with Crippen LogP contribution in [0.1, 0.15) is 28.8 Å². The molecular formula is C25H22N6OS. The number of guanidine groups is 1. The van der Waals surface area contributed by atoms with E-state index in [-0.39, 0.29) is 11.9 Å². The summed E-state index contributed by atoms with van der Waals surface area (Å²) in [6.07, 6.45) is 1.80. The minimum Gasteiger partial charge on any atom is -0.369 e. The quantitative estimate of drug-likeness (QED) is 0.506. The molecule has 0 unspecified atom stereocenters. The van der Waals surface area contributed by atoms with Crippen LogP contribution in [0.25, 0.3) is 22.0 Å². The number of likely N-dealkylation sites (N-methyl/N-ethyl adjacent to an activating group) is 1.